The molecule has 0 atom stereocenters. The van der Waals surface area contributed by atoms with E-state index in [1.165, 1.54) is 0 Å². The average molecular weight is 270 g/mol. The maximum absolute atomic E-state index is 8.94. The molecule has 0 bridgehead atoms. The van der Waals surface area contributed by atoms with E-state index in [2.05, 4.69) is 0 Å². The van der Waals surface area contributed by atoms with Crippen LogP contribution in [0.3, 0.4) is 0 Å². The Morgan fingerprint density at radius 2 is 0.750 bits per heavy atom. The third-order valence-corrected chi connectivity index (χ3v) is 0. The van der Waals surface area contributed by atoms with E-state index in [0.717, 1.165) is 0 Å². The van der Waals surface area contributed by atoms with Crippen molar-refractivity contribution in [2.24, 2.45) is 0 Å². The fraction of sp³-hybridized carbons (Fsp3) is 0. The van der Waals surface area contributed by atoms with Gasteiger partial charge in [-0.1, -0.05) is 0 Å². The second kappa shape index (κ2) is 30.1. The first-order valence-electron chi connectivity index (χ1n) is 0.783. The van der Waals surface area contributed by atoms with Gasteiger partial charge in [0.1, 0.15) is 0 Å². The molecule has 0 rings (SSSR count). The van der Waals surface area contributed by atoms with Gasteiger partial charge in [0, 0.05) is 0 Å². The van der Waals surface area contributed by atoms with E-state index in [1.54, 1.807) is 0 Å². The number of hydrogen-bond acceptors (Lipinski definition) is 1. The quantitative estimate of drug-likeness (QED) is 0.308. The predicted octanol–water partition coefficient (Wildman–Crippen LogP) is -4.14. The van der Waals surface area contributed by atoms with E-state index in [0.29, 0.717) is 0 Å². The molecule has 0 aliphatic rings. The molecule has 0 amide bonds. The Bertz CT molecular complexity index is 70.8. The smallest absolute Gasteiger partial charge is 1.00 e. The standard InChI is InChI=1S/AsH3O4.6FH.Li.H/c2-1(3,4)5;;;;;;;;/h(H3,2,3,4,5);6*1H;;/q;;;;;;;+1;-1. The first-order chi connectivity index (χ1) is 2.00. The molecule has 82 valence electrons. The second-order valence-electron chi connectivity index (χ2n) is 0.513. The zero-order chi connectivity index (χ0) is 4.50. The van der Waals surface area contributed by atoms with Crippen LogP contribution in [-0.4, -0.2) is 26.8 Å². The molecule has 0 radical (unpaired) electrons. The molecular formula is H10AsF6LiO4. The van der Waals surface area contributed by atoms with Gasteiger partial charge in [0.25, 0.3) is 0 Å². The van der Waals surface area contributed by atoms with E-state index in [9.17, 15) is 0 Å². The van der Waals surface area contributed by atoms with E-state index < -0.39 is 14.5 Å². The molecule has 0 saturated carbocycles. The molecular weight excluding hydrogens is 260 g/mol. The molecule has 12 heteroatoms. The van der Waals surface area contributed by atoms with Gasteiger partial charge in [-0.05, 0) is 0 Å². The van der Waals surface area contributed by atoms with Crippen molar-refractivity contribution in [3.8, 4) is 0 Å². The Morgan fingerprint density at radius 3 is 0.750 bits per heavy atom. The molecule has 0 aliphatic carbocycles. The number of rotatable bonds is 0. The van der Waals surface area contributed by atoms with Gasteiger partial charge in [0.05, 0.1) is 0 Å². The van der Waals surface area contributed by atoms with Crippen LogP contribution in [-0.2, 0) is 3.74 Å². The summed E-state index contributed by atoms with van der Waals surface area (Å²) >= 11 is -5.12. The Morgan fingerprint density at radius 1 is 0.750 bits per heavy atom. The molecule has 0 aromatic rings. The van der Waals surface area contributed by atoms with Crippen molar-refractivity contribution in [2.75, 3.05) is 0 Å². The molecule has 0 spiro atoms. The zero-order valence-electron chi connectivity index (χ0n) is 6.65. The van der Waals surface area contributed by atoms with Gasteiger partial charge in [0.15, 0.2) is 0 Å². The fourth-order valence-electron chi connectivity index (χ4n) is 0. The Kier molecular flexibility index (Phi) is 208. The van der Waals surface area contributed by atoms with Gasteiger partial charge in [-0.25, -0.2) is 0 Å². The number of hydrogen-bond donors (Lipinski definition) is 3. The van der Waals surface area contributed by atoms with Crippen LogP contribution in [0, 0.1) is 0 Å². The van der Waals surface area contributed by atoms with Gasteiger partial charge in [0.2, 0.25) is 0 Å². The summed E-state index contributed by atoms with van der Waals surface area (Å²) in [6.07, 6.45) is 0. The molecule has 0 aromatic heterocycles. The summed E-state index contributed by atoms with van der Waals surface area (Å²) in [5.74, 6) is 0. The van der Waals surface area contributed by atoms with Gasteiger partial charge in [-0.15, -0.1) is 0 Å². The van der Waals surface area contributed by atoms with E-state index in [1.807, 2.05) is 0 Å². The monoisotopic (exact) mass is 270 g/mol. The Hall–Kier alpha value is 0.416. The third kappa shape index (κ3) is 5340. The summed E-state index contributed by atoms with van der Waals surface area (Å²) in [5.41, 5.74) is 0. The topological polar surface area (TPSA) is 77.8 Å². The Labute approximate surface area is 79.6 Å². The normalized spacial score (nSPS) is 4.92. The van der Waals surface area contributed by atoms with E-state index in [-0.39, 0.29) is 48.5 Å². The summed E-state index contributed by atoms with van der Waals surface area (Å²) in [7, 11) is 0. The van der Waals surface area contributed by atoms with Gasteiger partial charge < -0.3 is 1.43 Å². The van der Waals surface area contributed by atoms with Crippen LogP contribution >= 0.6 is 0 Å². The maximum Gasteiger partial charge on any atom is 1.00 e. The van der Waals surface area contributed by atoms with Crippen molar-refractivity contribution in [2.45, 2.75) is 0 Å². The molecule has 0 heterocycles. The van der Waals surface area contributed by atoms with Crippen molar-refractivity contribution < 1.29 is 64.5 Å². The molecule has 0 unspecified atom stereocenters. The molecule has 12 heavy (non-hydrogen) atoms. The van der Waals surface area contributed by atoms with Crippen LogP contribution in [0.4, 0.5) is 28.2 Å². The average Bonchev–Trinajstić information content (AvgIpc) is 0.722. The summed E-state index contributed by atoms with van der Waals surface area (Å²) in [6, 6.07) is 0. The van der Waals surface area contributed by atoms with E-state index >= 15 is 0 Å². The van der Waals surface area contributed by atoms with Gasteiger partial charge in [-0.2, -0.15) is 0 Å². The van der Waals surface area contributed by atoms with Crippen LogP contribution in [0.25, 0.3) is 0 Å². The maximum atomic E-state index is 8.94. The molecule has 0 aromatic carbocycles. The summed E-state index contributed by atoms with van der Waals surface area (Å²) in [4.78, 5) is 0. The molecule has 0 fully saturated rings. The van der Waals surface area contributed by atoms with Gasteiger partial charge in [-0.3, -0.25) is 28.2 Å². The van der Waals surface area contributed by atoms with Crippen molar-refractivity contribution in [1.82, 2.24) is 0 Å². The third-order valence-electron chi connectivity index (χ3n) is 0. The first kappa shape index (κ1) is 83.0. The van der Waals surface area contributed by atoms with Crippen molar-refractivity contribution in [1.29, 1.82) is 0 Å². The van der Waals surface area contributed by atoms with Crippen molar-refractivity contribution in [3.05, 3.63) is 0 Å². The van der Waals surface area contributed by atoms with E-state index in [4.69, 9.17) is 16.0 Å². The summed E-state index contributed by atoms with van der Waals surface area (Å²) in [6.45, 7) is 0. The first-order valence-corrected chi connectivity index (χ1v) is 4.07. The van der Waals surface area contributed by atoms with Crippen LogP contribution in [0.5, 0.6) is 0 Å². The minimum absolute atomic E-state index is 0. The second-order valence-corrected chi connectivity index (χ2v) is 2.67. The van der Waals surface area contributed by atoms with Crippen LogP contribution in [0.2, 0.25) is 0 Å². The minimum Gasteiger partial charge on any atom is -1.00 e. The zero-order valence-corrected chi connectivity index (χ0v) is 7.52. The van der Waals surface area contributed by atoms with Crippen LogP contribution < -0.4 is 18.9 Å². The molecule has 0 aliphatic heterocycles. The largest absolute Gasteiger partial charge is 1.00 e. The molecule has 0 saturated heterocycles. The van der Waals surface area contributed by atoms with Gasteiger partial charge >= 0.3 is 49.4 Å². The summed E-state index contributed by atoms with van der Waals surface area (Å²) in [5, 5.41) is 0. The summed E-state index contributed by atoms with van der Waals surface area (Å²) < 4.78 is 30.7. The SMILES string of the molecule is F.F.F.F.F.F.O=[As](O)(O)O.[H-].[Li+]. The minimum atomic E-state index is -5.12. The Balaban J connectivity index is -0.00000000286. The molecule has 3 N–H and O–H groups in total. The van der Waals surface area contributed by atoms with Crippen LogP contribution in [0.15, 0.2) is 0 Å². The fourth-order valence-corrected chi connectivity index (χ4v) is 0. The number of halogens is 6. The predicted molar refractivity (Wildman–Crippen MR) is 29.2 cm³/mol. The van der Waals surface area contributed by atoms with Crippen molar-refractivity contribution in [3.63, 3.8) is 0 Å². The van der Waals surface area contributed by atoms with Crippen molar-refractivity contribution >= 4 is 14.5 Å². The van der Waals surface area contributed by atoms with Crippen LogP contribution in [0.1, 0.15) is 1.43 Å². The molecule has 4 nitrogen and oxygen atoms in total.